The second-order valence-corrected chi connectivity index (χ2v) is 11.2. The van der Waals surface area contributed by atoms with E-state index >= 15 is 0 Å². The minimum atomic E-state index is -3.79. The minimum Gasteiger partial charge on any atom is -0.369 e. The van der Waals surface area contributed by atoms with Gasteiger partial charge in [-0.2, -0.15) is 4.31 Å². The van der Waals surface area contributed by atoms with Gasteiger partial charge >= 0.3 is 0 Å². The van der Waals surface area contributed by atoms with Gasteiger partial charge in [0, 0.05) is 38.4 Å². The normalized spacial score (nSPS) is 16.0. The molecule has 1 heterocycles. The van der Waals surface area contributed by atoms with Crippen LogP contribution >= 0.6 is 0 Å². The van der Waals surface area contributed by atoms with Gasteiger partial charge in [0.1, 0.15) is 5.82 Å². The van der Waals surface area contributed by atoms with Crippen molar-refractivity contribution in [1.82, 2.24) is 9.03 Å². The van der Waals surface area contributed by atoms with E-state index in [0.717, 1.165) is 11.3 Å². The predicted octanol–water partition coefficient (Wildman–Crippen LogP) is 1.87. The number of nitrogens with one attached hydrogen (secondary N) is 1. The topological polar surface area (TPSA) is 86.8 Å². The van der Waals surface area contributed by atoms with Gasteiger partial charge in [0.25, 0.3) is 0 Å². The Morgan fingerprint density at radius 3 is 2.20 bits per heavy atom. The van der Waals surface area contributed by atoms with Gasteiger partial charge in [0.2, 0.25) is 20.0 Å². The first-order chi connectivity index (χ1) is 14.1. The fourth-order valence-electron chi connectivity index (χ4n) is 3.39. The molecule has 0 spiro atoms. The van der Waals surface area contributed by atoms with Crippen LogP contribution in [0, 0.1) is 19.7 Å². The SMILES string of the molecule is Cc1ccc(C)c(S(=O)(=O)NCCS(=O)(=O)N2CCN(c3ccc(F)cc3)CC2)c1. The van der Waals surface area contributed by atoms with E-state index in [9.17, 15) is 21.2 Å². The van der Waals surface area contributed by atoms with Gasteiger partial charge < -0.3 is 4.90 Å². The third kappa shape index (κ3) is 5.37. The summed E-state index contributed by atoms with van der Waals surface area (Å²) >= 11 is 0. The Kier molecular flexibility index (Phi) is 6.81. The summed E-state index contributed by atoms with van der Waals surface area (Å²) in [5.74, 6) is -0.628. The molecule has 1 fully saturated rings. The number of sulfonamides is 2. The van der Waals surface area contributed by atoms with E-state index in [1.807, 2.05) is 11.0 Å². The lowest BCUT2D eigenvalue weighted by molar-refractivity contribution is 0.385. The molecule has 30 heavy (non-hydrogen) atoms. The molecule has 0 saturated carbocycles. The average Bonchev–Trinajstić information content (AvgIpc) is 2.70. The summed E-state index contributed by atoms with van der Waals surface area (Å²) in [5, 5.41) is 0. The highest BCUT2D eigenvalue weighted by Crippen LogP contribution is 2.19. The largest absolute Gasteiger partial charge is 0.369 e. The maximum absolute atomic E-state index is 13.1. The van der Waals surface area contributed by atoms with Crippen molar-refractivity contribution in [2.75, 3.05) is 43.4 Å². The van der Waals surface area contributed by atoms with Crippen LogP contribution in [0.5, 0.6) is 0 Å². The minimum absolute atomic E-state index is 0.160. The number of benzene rings is 2. The molecule has 1 N–H and O–H groups in total. The van der Waals surface area contributed by atoms with Crippen molar-refractivity contribution in [3.63, 3.8) is 0 Å². The number of rotatable bonds is 7. The van der Waals surface area contributed by atoms with E-state index < -0.39 is 20.0 Å². The van der Waals surface area contributed by atoms with Crippen molar-refractivity contribution in [2.24, 2.45) is 0 Å². The highest BCUT2D eigenvalue weighted by molar-refractivity contribution is 7.90. The summed E-state index contributed by atoms with van der Waals surface area (Å²) in [5.41, 5.74) is 2.26. The molecule has 1 aliphatic heterocycles. The summed E-state index contributed by atoms with van der Waals surface area (Å²) in [6.07, 6.45) is 0. The quantitative estimate of drug-likeness (QED) is 0.689. The average molecular weight is 456 g/mol. The molecule has 1 aliphatic rings. The number of aryl methyl sites for hydroxylation is 2. The lowest BCUT2D eigenvalue weighted by Gasteiger charge is -2.35. The Balaban J connectivity index is 1.56. The molecule has 10 heteroatoms. The number of piperazine rings is 1. The van der Waals surface area contributed by atoms with Crippen LogP contribution in [-0.4, -0.2) is 59.6 Å². The zero-order valence-corrected chi connectivity index (χ0v) is 18.6. The molecule has 7 nitrogen and oxygen atoms in total. The molecule has 0 aliphatic carbocycles. The van der Waals surface area contributed by atoms with Crippen molar-refractivity contribution < 1.29 is 21.2 Å². The number of hydrogen-bond donors (Lipinski definition) is 1. The molecule has 2 aromatic rings. The van der Waals surface area contributed by atoms with Crippen molar-refractivity contribution >= 4 is 25.7 Å². The molecular weight excluding hydrogens is 429 g/mol. The lowest BCUT2D eigenvalue weighted by Crippen LogP contribution is -2.50. The van der Waals surface area contributed by atoms with Gasteiger partial charge in [-0.3, -0.25) is 0 Å². The molecule has 164 valence electrons. The molecule has 0 bridgehead atoms. The lowest BCUT2D eigenvalue weighted by atomic mass is 10.2. The molecule has 2 aromatic carbocycles. The van der Waals surface area contributed by atoms with E-state index in [-0.39, 0.29) is 23.0 Å². The summed E-state index contributed by atoms with van der Waals surface area (Å²) in [7, 11) is -7.39. The Hall–Kier alpha value is -2.01. The first-order valence-corrected chi connectivity index (χ1v) is 12.7. The van der Waals surface area contributed by atoms with Gasteiger partial charge in [-0.05, 0) is 55.3 Å². The van der Waals surface area contributed by atoms with Gasteiger partial charge in [0.05, 0.1) is 10.6 Å². The Labute approximate surface area is 177 Å². The van der Waals surface area contributed by atoms with Gasteiger partial charge in [-0.15, -0.1) is 0 Å². The first kappa shape index (κ1) is 22.7. The zero-order chi connectivity index (χ0) is 21.9. The van der Waals surface area contributed by atoms with Crippen LogP contribution in [-0.2, 0) is 20.0 Å². The monoisotopic (exact) mass is 455 g/mol. The first-order valence-electron chi connectivity index (χ1n) is 9.64. The second kappa shape index (κ2) is 9.01. The van der Waals surface area contributed by atoms with E-state index in [2.05, 4.69) is 4.72 Å². The Morgan fingerprint density at radius 1 is 0.933 bits per heavy atom. The number of halogens is 1. The van der Waals surface area contributed by atoms with E-state index in [0.29, 0.717) is 31.7 Å². The number of nitrogens with zero attached hydrogens (tertiary/aromatic N) is 2. The fourth-order valence-corrected chi connectivity index (χ4v) is 6.21. The smallest absolute Gasteiger partial charge is 0.240 e. The summed E-state index contributed by atoms with van der Waals surface area (Å²) in [6.45, 7) is 4.86. The molecule has 0 amide bonds. The standard InChI is InChI=1S/C20H26FN3O4S2/c1-16-3-4-17(2)20(15-16)30(27,28)22-9-14-29(25,26)24-12-10-23(11-13-24)19-7-5-18(21)6-8-19/h3-8,15,22H,9-14H2,1-2H3. The molecule has 0 radical (unpaired) electrons. The van der Waals surface area contributed by atoms with Crippen molar-refractivity contribution in [3.05, 3.63) is 59.4 Å². The summed E-state index contributed by atoms with van der Waals surface area (Å²) < 4.78 is 67.2. The van der Waals surface area contributed by atoms with Gasteiger partial charge in [-0.1, -0.05) is 12.1 Å². The fraction of sp³-hybridized carbons (Fsp3) is 0.400. The van der Waals surface area contributed by atoms with Gasteiger partial charge in [-0.25, -0.2) is 25.9 Å². The van der Waals surface area contributed by atoms with Crippen molar-refractivity contribution in [2.45, 2.75) is 18.7 Å². The summed E-state index contributed by atoms with van der Waals surface area (Å²) in [6, 6.07) is 11.2. The summed E-state index contributed by atoms with van der Waals surface area (Å²) in [4.78, 5) is 2.15. The highest BCUT2D eigenvalue weighted by Gasteiger charge is 2.27. The third-order valence-electron chi connectivity index (χ3n) is 5.11. The van der Waals surface area contributed by atoms with Crippen molar-refractivity contribution in [1.29, 1.82) is 0 Å². The number of anilines is 1. The van der Waals surface area contributed by atoms with Crippen LogP contribution in [0.4, 0.5) is 10.1 Å². The Bertz CT molecular complexity index is 1100. The maximum Gasteiger partial charge on any atom is 0.240 e. The molecule has 0 atom stereocenters. The predicted molar refractivity (Wildman–Crippen MR) is 115 cm³/mol. The van der Waals surface area contributed by atoms with Crippen LogP contribution in [0.15, 0.2) is 47.4 Å². The van der Waals surface area contributed by atoms with E-state index in [1.54, 1.807) is 38.1 Å². The Morgan fingerprint density at radius 2 is 1.57 bits per heavy atom. The second-order valence-electron chi connectivity index (χ2n) is 7.35. The third-order valence-corrected chi connectivity index (χ3v) is 8.58. The highest BCUT2D eigenvalue weighted by atomic mass is 32.2. The zero-order valence-electron chi connectivity index (χ0n) is 17.0. The number of hydrogen-bond acceptors (Lipinski definition) is 5. The molecule has 1 saturated heterocycles. The molecule has 3 rings (SSSR count). The van der Waals surface area contributed by atoms with Crippen LogP contribution in [0.3, 0.4) is 0 Å². The molecular formula is C20H26FN3O4S2. The van der Waals surface area contributed by atoms with Crippen molar-refractivity contribution in [3.8, 4) is 0 Å². The maximum atomic E-state index is 13.1. The van der Waals surface area contributed by atoms with Crippen LogP contribution < -0.4 is 9.62 Å². The molecule has 0 aromatic heterocycles. The molecule has 0 unspecified atom stereocenters. The van der Waals surface area contributed by atoms with E-state index in [4.69, 9.17) is 0 Å². The van der Waals surface area contributed by atoms with Crippen LogP contribution in [0.2, 0.25) is 0 Å². The van der Waals surface area contributed by atoms with Gasteiger partial charge in [0.15, 0.2) is 0 Å². The van der Waals surface area contributed by atoms with Crippen LogP contribution in [0.25, 0.3) is 0 Å². The van der Waals surface area contributed by atoms with Crippen LogP contribution in [0.1, 0.15) is 11.1 Å². The van der Waals surface area contributed by atoms with E-state index in [1.165, 1.54) is 16.4 Å².